The van der Waals surface area contributed by atoms with Gasteiger partial charge in [-0.3, -0.25) is 10.2 Å². The Kier molecular flexibility index (Phi) is 6.13. The monoisotopic (exact) mass is 460 g/mol. The molecule has 2 aliphatic rings. The first-order valence-corrected chi connectivity index (χ1v) is 11.1. The molecule has 2 aromatic rings. The van der Waals surface area contributed by atoms with Gasteiger partial charge in [-0.15, -0.1) is 0 Å². The zero-order valence-electron chi connectivity index (χ0n) is 16.1. The van der Waals surface area contributed by atoms with E-state index in [-0.39, 0.29) is 11.4 Å². The van der Waals surface area contributed by atoms with Gasteiger partial charge in [-0.25, -0.2) is 0 Å². The highest BCUT2D eigenvalue weighted by atomic mass is 35.5. The summed E-state index contributed by atoms with van der Waals surface area (Å²) in [5.41, 5.74) is 0.771. The number of rotatable bonds is 6. The number of hydrogen-bond donors (Lipinski definition) is 1. The Balaban J connectivity index is 1.58. The SMILES string of the molecule is CCCCCC1=NN2C(=N)/C(=C\c3ccc(-c4cc(Cl)ccc4Cl)o3)C(=O)N=C2S1. The lowest BCUT2D eigenvalue weighted by Crippen LogP contribution is -2.35. The number of hydrogen-bond acceptors (Lipinski definition) is 5. The molecule has 2 aliphatic heterocycles. The number of amides is 1. The van der Waals surface area contributed by atoms with Crippen molar-refractivity contribution < 1.29 is 9.21 Å². The normalized spacial score (nSPS) is 17.4. The second-order valence-electron chi connectivity index (χ2n) is 6.80. The molecule has 6 nitrogen and oxygen atoms in total. The molecule has 0 fully saturated rings. The maximum Gasteiger partial charge on any atom is 0.283 e. The molecule has 4 rings (SSSR count). The quantitative estimate of drug-likeness (QED) is 0.396. The number of halogens is 2. The molecule has 0 radical (unpaired) electrons. The molecule has 0 atom stereocenters. The van der Waals surface area contributed by atoms with Crippen LogP contribution in [0, 0.1) is 5.41 Å². The number of nitrogens with one attached hydrogen (secondary N) is 1. The number of unbranched alkanes of at least 4 members (excludes halogenated alkanes) is 2. The van der Waals surface area contributed by atoms with Gasteiger partial charge in [0, 0.05) is 10.6 Å². The van der Waals surface area contributed by atoms with Gasteiger partial charge in [0.1, 0.15) is 16.6 Å². The fourth-order valence-electron chi connectivity index (χ4n) is 3.06. The zero-order chi connectivity index (χ0) is 21.3. The molecule has 1 aromatic heterocycles. The van der Waals surface area contributed by atoms with Crippen LogP contribution in [-0.4, -0.2) is 27.0 Å². The molecule has 30 heavy (non-hydrogen) atoms. The van der Waals surface area contributed by atoms with E-state index in [2.05, 4.69) is 17.0 Å². The summed E-state index contributed by atoms with van der Waals surface area (Å²) >= 11 is 13.6. The summed E-state index contributed by atoms with van der Waals surface area (Å²) in [5.74, 6) is 0.428. The lowest BCUT2D eigenvalue weighted by molar-refractivity contribution is -0.114. The van der Waals surface area contributed by atoms with Crippen molar-refractivity contribution in [3.05, 3.63) is 51.7 Å². The molecule has 0 bridgehead atoms. The van der Waals surface area contributed by atoms with Crippen molar-refractivity contribution in [2.24, 2.45) is 10.1 Å². The first-order chi connectivity index (χ1) is 14.5. The van der Waals surface area contributed by atoms with Crippen molar-refractivity contribution in [1.29, 1.82) is 5.41 Å². The van der Waals surface area contributed by atoms with E-state index in [4.69, 9.17) is 33.0 Å². The number of carbonyl (C=O) groups is 1. The molecular formula is C21H18Cl2N4O2S. The van der Waals surface area contributed by atoms with Crippen LogP contribution in [0.3, 0.4) is 0 Å². The average molecular weight is 461 g/mol. The molecule has 0 aliphatic carbocycles. The summed E-state index contributed by atoms with van der Waals surface area (Å²) in [4.78, 5) is 16.6. The minimum absolute atomic E-state index is 0.0123. The van der Waals surface area contributed by atoms with E-state index < -0.39 is 5.91 Å². The molecule has 0 unspecified atom stereocenters. The number of hydrazone groups is 1. The van der Waals surface area contributed by atoms with Gasteiger partial charge in [0.2, 0.25) is 5.17 Å². The predicted molar refractivity (Wildman–Crippen MR) is 123 cm³/mol. The smallest absolute Gasteiger partial charge is 0.283 e. The average Bonchev–Trinajstić information content (AvgIpc) is 3.34. The van der Waals surface area contributed by atoms with E-state index in [1.807, 2.05) is 0 Å². The summed E-state index contributed by atoms with van der Waals surface area (Å²) in [5, 5.41) is 16.7. The standard InChI is InChI=1S/C21H18Cl2N4O2S/c1-2-3-4-5-18-26-27-19(24)15(20(28)25-21(27)30-18)11-13-7-9-17(29-13)14-10-12(22)6-8-16(14)23/h6-11,24H,2-5H2,1H3/b15-11+,24-19?. The molecule has 154 valence electrons. The van der Waals surface area contributed by atoms with E-state index in [1.165, 1.54) is 22.8 Å². The number of carbonyl (C=O) groups excluding carboxylic acids is 1. The van der Waals surface area contributed by atoms with Crippen molar-refractivity contribution in [2.45, 2.75) is 32.6 Å². The van der Waals surface area contributed by atoms with Crippen molar-refractivity contribution >= 4 is 63.0 Å². The van der Waals surface area contributed by atoms with Crippen LogP contribution in [0.25, 0.3) is 17.4 Å². The number of benzene rings is 1. The van der Waals surface area contributed by atoms with Crippen LogP contribution in [0.1, 0.15) is 38.4 Å². The Morgan fingerprint density at radius 1 is 1.23 bits per heavy atom. The molecule has 1 amide bonds. The second kappa shape index (κ2) is 8.79. The Morgan fingerprint density at radius 3 is 2.87 bits per heavy atom. The van der Waals surface area contributed by atoms with Crippen molar-refractivity contribution in [2.75, 3.05) is 0 Å². The van der Waals surface area contributed by atoms with Gasteiger partial charge in [-0.1, -0.05) is 43.0 Å². The first kappa shape index (κ1) is 20.9. The van der Waals surface area contributed by atoms with E-state index in [0.29, 0.717) is 32.3 Å². The predicted octanol–water partition coefficient (Wildman–Crippen LogP) is 6.45. The number of furan rings is 1. The van der Waals surface area contributed by atoms with E-state index in [1.54, 1.807) is 30.3 Å². The summed E-state index contributed by atoms with van der Waals surface area (Å²) in [6.45, 7) is 2.14. The fourth-order valence-corrected chi connectivity index (χ4v) is 4.37. The van der Waals surface area contributed by atoms with Gasteiger partial charge in [0.05, 0.1) is 10.6 Å². The topological polar surface area (TPSA) is 82.0 Å². The highest BCUT2D eigenvalue weighted by molar-refractivity contribution is 8.26. The van der Waals surface area contributed by atoms with Crippen LogP contribution in [0.2, 0.25) is 10.0 Å². The molecular weight excluding hydrogens is 443 g/mol. The minimum atomic E-state index is -0.484. The highest BCUT2D eigenvalue weighted by Crippen LogP contribution is 2.33. The van der Waals surface area contributed by atoms with Gasteiger partial charge >= 0.3 is 0 Å². The third kappa shape index (κ3) is 4.24. The first-order valence-electron chi connectivity index (χ1n) is 9.50. The lowest BCUT2D eigenvalue weighted by Gasteiger charge is -2.19. The van der Waals surface area contributed by atoms with Gasteiger partial charge < -0.3 is 4.42 Å². The molecule has 0 spiro atoms. The summed E-state index contributed by atoms with van der Waals surface area (Å²) in [6, 6.07) is 8.54. The molecule has 0 saturated carbocycles. The van der Waals surface area contributed by atoms with E-state index in [0.717, 1.165) is 30.7 Å². The Hall–Kier alpha value is -2.35. The summed E-state index contributed by atoms with van der Waals surface area (Å²) < 4.78 is 5.83. The highest BCUT2D eigenvalue weighted by Gasteiger charge is 2.35. The summed E-state index contributed by atoms with van der Waals surface area (Å²) in [6.07, 6.45) is 5.58. The largest absolute Gasteiger partial charge is 0.457 e. The van der Waals surface area contributed by atoms with Crippen LogP contribution in [-0.2, 0) is 4.79 Å². The van der Waals surface area contributed by atoms with Gasteiger partial charge in [0.25, 0.3) is 5.91 Å². The maximum absolute atomic E-state index is 12.5. The number of thioether (sulfide) groups is 1. The molecule has 9 heteroatoms. The number of aliphatic imine (C=N–C) groups is 1. The van der Waals surface area contributed by atoms with Gasteiger partial charge in [-0.05, 0) is 61.0 Å². The van der Waals surface area contributed by atoms with Crippen molar-refractivity contribution in [3.63, 3.8) is 0 Å². The van der Waals surface area contributed by atoms with Crippen molar-refractivity contribution in [1.82, 2.24) is 5.01 Å². The Morgan fingerprint density at radius 2 is 2.07 bits per heavy atom. The second-order valence-corrected chi connectivity index (χ2v) is 8.68. The Bertz CT molecular complexity index is 1120. The molecule has 0 saturated heterocycles. The van der Waals surface area contributed by atoms with Crippen LogP contribution in [0.4, 0.5) is 0 Å². The van der Waals surface area contributed by atoms with Crippen molar-refractivity contribution in [3.8, 4) is 11.3 Å². The minimum Gasteiger partial charge on any atom is -0.457 e. The van der Waals surface area contributed by atoms with Crippen LogP contribution in [0.15, 0.2) is 50.4 Å². The maximum atomic E-state index is 12.5. The molecule has 1 aromatic carbocycles. The molecule has 3 heterocycles. The summed E-state index contributed by atoms with van der Waals surface area (Å²) in [7, 11) is 0. The van der Waals surface area contributed by atoms with Gasteiger partial charge in [0.15, 0.2) is 5.84 Å². The third-order valence-electron chi connectivity index (χ3n) is 4.60. The number of amidine groups is 2. The number of fused-ring (bicyclic) bond motifs is 1. The van der Waals surface area contributed by atoms with E-state index in [9.17, 15) is 4.79 Å². The van der Waals surface area contributed by atoms with Crippen LogP contribution in [0.5, 0.6) is 0 Å². The van der Waals surface area contributed by atoms with Crippen LogP contribution >= 0.6 is 35.0 Å². The molecule has 1 N–H and O–H groups in total. The van der Waals surface area contributed by atoms with Crippen LogP contribution < -0.4 is 0 Å². The Labute approximate surface area is 188 Å². The number of nitrogens with zero attached hydrogens (tertiary/aromatic N) is 3. The fraction of sp³-hybridized carbons (Fsp3) is 0.238. The lowest BCUT2D eigenvalue weighted by atomic mass is 10.1. The zero-order valence-corrected chi connectivity index (χ0v) is 18.4. The van der Waals surface area contributed by atoms with Gasteiger partial charge in [-0.2, -0.15) is 15.1 Å². The third-order valence-corrected chi connectivity index (χ3v) is 6.13. The van der Waals surface area contributed by atoms with E-state index >= 15 is 0 Å².